The Kier molecular flexibility index (Phi) is 1.66. The number of hydrogen-bond acceptors (Lipinski definition) is 2. The van der Waals surface area contributed by atoms with Crippen LogP contribution >= 0.6 is 0 Å². The lowest BCUT2D eigenvalue weighted by atomic mass is 9.80. The summed E-state index contributed by atoms with van der Waals surface area (Å²) in [5.41, 5.74) is 0. The summed E-state index contributed by atoms with van der Waals surface area (Å²) in [5, 5.41) is 9.30. The molecule has 1 unspecified atom stereocenters. The van der Waals surface area contributed by atoms with Crippen molar-refractivity contribution in [3.05, 3.63) is 0 Å². The minimum atomic E-state index is -0.0389. The minimum absolute atomic E-state index is 0.0389. The van der Waals surface area contributed by atoms with Gasteiger partial charge in [0.2, 0.25) is 0 Å². The highest BCUT2D eigenvalue weighted by atomic mass is 16.5. The predicted molar refractivity (Wildman–Crippen MR) is 37.7 cm³/mol. The molecule has 1 aliphatic heterocycles. The maximum atomic E-state index is 9.30. The van der Waals surface area contributed by atoms with Gasteiger partial charge in [-0.25, -0.2) is 0 Å². The van der Waals surface area contributed by atoms with E-state index in [4.69, 9.17) is 4.74 Å². The van der Waals surface area contributed by atoms with Gasteiger partial charge in [-0.3, -0.25) is 0 Å². The molecule has 1 N–H and O–H groups in total. The Labute approximate surface area is 61.2 Å². The molecule has 1 heterocycles. The Hall–Kier alpha value is -0.0800. The quantitative estimate of drug-likeness (QED) is 0.542. The van der Waals surface area contributed by atoms with Gasteiger partial charge in [0, 0.05) is 13.2 Å². The van der Waals surface area contributed by atoms with Gasteiger partial charge in [0.1, 0.15) is 0 Å². The number of fused-ring (bicyclic) bond motifs is 1. The minimum Gasteiger partial charge on any atom is -0.393 e. The van der Waals surface area contributed by atoms with Crippen molar-refractivity contribution in [1.82, 2.24) is 0 Å². The summed E-state index contributed by atoms with van der Waals surface area (Å²) >= 11 is 0. The van der Waals surface area contributed by atoms with E-state index >= 15 is 0 Å². The van der Waals surface area contributed by atoms with Crippen LogP contribution in [0.25, 0.3) is 0 Å². The van der Waals surface area contributed by atoms with Crippen molar-refractivity contribution >= 4 is 0 Å². The summed E-state index contributed by atoms with van der Waals surface area (Å²) in [6.07, 6.45) is 3.10. The summed E-state index contributed by atoms with van der Waals surface area (Å²) in [6, 6.07) is 0. The van der Waals surface area contributed by atoms with Crippen molar-refractivity contribution in [3.8, 4) is 0 Å². The molecule has 2 nitrogen and oxygen atoms in total. The van der Waals surface area contributed by atoms with Crippen LogP contribution in [0.1, 0.15) is 19.3 Å². The Bertz CT molecular complexity index is 124. The lowest BCUT2D eigenvalue weighted by Crippen LogP contribution is -2.26. The summed E-state index contributed by atoms with van der Waals surface area (Å²) in [6.45, 7) is 1.83. The highest BCUT2D eigenvalue weighted by Gasteiger charge is 2.33. The number of ether oxygens (including phenoxy) is 1. The normalized spacial score (nSPS) is 47.1. The lowest BCUT2D eigenvalue weighted by molar-refractivity contribution is 0.0860. The second-order valence-corrected chi connectivity index (χ2v) is 3.52. The smallest absolute Gasteiger partial charge is 0.0544 e. The first-order valence-corrected chi connectivity index (χ1v) is 4.12. The SMILES string of the molecule is OC1CC[C@H]2COC[C@H]2C1. The molecule has 0 aromatic rings. The van der Waals surface area contributed by atoms with Crippen LogP contribution < -0.4 is 0 Å². The van der Waals surface area contributed by atoms with Crippen LogP contribution in [-0.2, 0) is 4.74 Å². The summed E-state index contributed by atoms with van der Waals surface area (Å²) in [7, 11) is 0. The Morgan fingerprint density at radius 1 is 1.10 bits per heavy atom. The lowest BCUT2D eigenvalue weighted by Gasteiger charge is -2.26. The second kappa shape index (κ2) is 2.51. The van der Waals surface area contributed by atoms with Crippen LogP contribution in [0.4, 0.5) is 0 Å². The van der Waals surface area contributed by atoms with Crippen molar-refractivity contribution < 1.29 is 9.84 Å². The van der Waals surface area contributed by atoms with Gasteiger partial charge in [-0.2, -0.15) is 0 Å². The fourth-order valence-electron chi connectivity index (χ4n) is 2.10. The van der Waals surface area contributed by atoms with E-state index in [0.717, 1.165) is 32.0 Å². The fraction of sp³-hybridized carbons (Fsp3) is 1.00. The molecule has 1 saturated carbocycles. The number of aliphatic hydroxyl groups is 1. The third-order valence-corrected chi connectivity index (χ3v) is 2.78. The van der Waals surface area contributed by atoms with E-state index < -0.39 is 0 Å². The molecular formula is C8H14O2. The Morgan fingerprint density at radius 2 is 1.90 bits per heavy atom. The van der Waals surface area contributed by atoms with Crippen LogP contribution in [0.15, 0.2) is 0 Å². The maximum Gasteiger partial charge on any atom is 0.0544 e. The van der Waals surface area contributed by atoms with Crippen molar-refractivity contribution in [2.24, 2.45) is 11.8 Å². The van der Waals surface area contributed by atoms with Crippen molar-refractivity contribution in [1.29, 1.82) is 0 Å². The Balaban J connectivity index is 1.96. The van der Waals surface area contributed by atoms with Crippen LogP contribution in [0.5, 0.6) is 0 Å². The van der Waals surface area contributed by atoms with E-state index in [1.807, 2.05) is 0 Å². The predicted octanol–water partition coefficient (Wildman–Crippen LogP) is 0.794. The second-order valence-electron chi connectivity index (χ2n) is 3.52. The number of aliphatic hydroxyl groups excluding tert-OH is 1. The van der Waals surface area contributed by atoms with Crippen LogP contribution in [-0.4, -0.2) is 24.4 Å². The number of hydrogen-bond donors (Lipinski definition) is 1. The summed E-state index contributed by atoms with van der Waals surface area (Å²) in [4.78, 5) is 0. The van der Waals surface area contributed by atoms with E-state index in [0.29, 0.717) is 5.92 Å². The van der Waals surface area contributed by atoms with E-state index in [2.05, 4.69) is 0 Å². The molecule has 58 valence electrons. The van der Waals surface area contributed by atoms with Gasteiger partial charge in [0.15, 0.2) is 0 Å². The van der Waals surface area contributed by atoms with Gasteiger partial charge in [-0.15, -0.1) is 0 Å². The maximum absolute atomic E-state index is 9.30. The molecule has 0 spiro atoms. The first kappa shape index (κ1) is 6.62. The van der Waals surface area contributed by atoms with Gasteiger partial charge >= 0.3 is 0 Å². The van der Waals surface area contributed by atoms with Crippen LogP contribution in [0.2, 0.25) is 0 Å². The average molecular weight is 142 g/mol. The molecule has 10 heavy (non-hydrogen) atoms. The van der Waals surface area contributed by atoms with Crippen molar-refractivity contribution in [2.75, 3.05) is 13.2 Å². The highest BCUT2D eigenvalue weighted by Crippen LogP contribution is 2.34. The molecule has 1 saturated heterocycles. The zero-order chi connectivity index (χ0) is 6.97. The van der Waals surface area contributed by atoms with Crippen molar-refractivity contribution in [2.45, 2.75) is 25.4 Å². The molecule has 0 bridgehead atoms. The van der Waals surface area contributed by atoms with Crippen LogP contribution in [0, 0.1) is 11.8 Å². The molecule has 0 amide bonds. The van der Waals surface area contributed by atoms with E-state index in [1.54, 1.807) is 0 Å². The third kappa shape index (κ3) is 1.06. The van der Waals surface area contributed by atoms with Gasteiger partial charge in [-0.1, -0.05) is 0 Å². The molecule has 2 aliphatic rings. The molecular weight excluding hydrogens is 128 g/mol. The molecule has 2 rings (SSSR count). The van der Waals surface area contributed by atoms with E-state index in [1.165, 1.54) is 6.42 Å². The molecule has 2 fully saturated rings. The molecule has 0 aromatic carbocycles. The fourth-order valence-corrected chi connectivity index (χ4v) is 2.10. The highest BCUT2D eigenvalue weighted by molar-refractivity contribution is 4.82. The molecule has 0 radical (unpaired) electrons. The number of rotatable bonds is 0. The van der Waals surface area contributed by atoms with Gasteiger partial charge in [-0.05, 0) is 31.1 Å². The van der Waals surface area contributed by atoms with Gasteiger partial charge < -0.3 is 9.84 Å². The van der Waals surface area contributed by atoms with Crippen molar-refractivity contribution in [3.63, 3.8) is 0 Å². The summed E-state index contributed by atoms with van der Waals surface area (Å²) < 4.78 is 5.33. The van der Waals surface area contributed by atoms with Crippen LogP contribution in [0.3, 0.4) is 0 Å². The largest absolute Gasteiger partial charge is 0.393 e. The van der Waals surface area contributed by atoms with E-state index in [-0.39, 0.29) is 6.10 Å². The summed E-state index contributed by atoms with van der Waals surface area (Å²) in [5.74, 6) is 1.44. The van der Waals surface area contributed by atoms with Gasteiger partial charge in [0.25, 0.3) is 0 Å². The molecule has 2 heteroatoms. The molecule has 3 atom stereocenters. The topological polar surface area (TPSA) is 29.5 Å². The Morgan fingerprint density at radius 3 is 2.80 bits per heavy atom. The third-order valence-electron chi connectivity index (χ3n) is 2.78. The molecule has 1 aliphatic carbocycles. The zero-order valence-corrected chi connectivity index (χ0v) is 6.12. The standard InChI is InChI=1S/C8H14O2/c9-8-2-1-6-4-10-5-7(6)3-8/h6-9H,1-5H2/t6-,7+,8?/m0/s1. The van der Waals surface area contributed by atoms with E-state index in [9.17, 15) is 5.11 Å². The first-order chi connectivity index (χ1) is 4.86. The molecule has 0 aromatic heterocycles. The average Bonchev–Trinajstić information content (AvgIpc) is 2.33. The first-order valence-electron chi connectivity index (χ1n) is 4.12. The zero-order valence-electron chi connectivity index (χ0n) is 6.12. The monoisotopic (exact) mass is 142 g/mol. The van der Waals surface area contributed by atoms with Gasteiger partial charge in [0.05, 0.1) is 6.10 Å².